The molecule has 1 aromatic carbocycles. The van der Waals surface area contributed by atoms with Crippen LogP contribution in [0.1, 0.15) is 32.1 Å². The fraction of sp³-hybridized carbons (Fsp3) is 0.556. The van der Waals surface area contributed by atoms with E-state index >= 15 is 0 Å². The zero-order valence-electron chi connectivity index (χ0n) is 13.7. The number of nitrogens with zero attached hydrogens (tertiary/aromatic N) is 2. The third kappa shape index (κ3) is 2.75. The molecule has 6 heteroatoms. The van der Waals surface area contributed by atoms with Crippen molar-refractivity contribution >= 4 is 23.3 Å². The van der Waals surface area contributed by atoms with Crippen LogP contribution >= 0.6 is 0 Å². The molecule has 128 valence electrons. The molecule has 0 radical (unpaired) electrons. The van der Waals surface area contributed by atoms with Gasteiger partial charge in [0, 0.05) is 42.8 Å². The van der Waals surface area contributed by atoms with Crippen molar-refractivity contribution in [3.05, 3.63) is 24.3 Å². The molecule has 0 aromatic heterocycles. The second kappa shape index (κ2) is 5.77. The Morgan fingerprint density at radius 3 is 2.29 bits per heavy atom. The number of urea groups is 1. The maximum absolute atomic E-state index is 11.9. The molecule has 3 aliphatic rings. The number of carbonyl (C=O) groups excluding carboxylic acids is 2. The van der Waals surface area contributed by atoms with E-state index in [2.05, 4.69) is 10.2 Å². The number of anilines is 2. The molecule has 3 fully saturated rings. The number of benzene rings is 1. The summed E-state index contributed by atoms with van der Waals surface area (Å²) in [6.45, 7) is 2.54. The van der Waals surface area contributed by atoms with Gasteiger partial charge in [-0.15, -0.1) is 0 Å². The zero-order chi connectivity index (χ0) is 16.7. The second-order valence-corrected chi connectivity index (χ2v) is 7.36. The van der Waals surface area contributed by atoms with Crippen LogP contribution in [0, 0.1) is 5.41 Å². The topological polar surface area (TPSA) is 72.9 Å². The summed E-state index contributed by atoms with van der Waals surface area (Å²) in [4.78, 5) is 27.1. The van der Waals surface area contributed by atoms with E-state index in [4.69, 9.17) is 0 Å². The van der Waals surface area contributed by atoms with Crippen LogP contribution in [0.4, 0.5) is 16.2 Å². The molecule has 1 saturated carbocycles. The first kappa shape index (κ1) is 15.4. The lowest BCUT2D eigenvalue weighted by Gasteiger charge is -2.54. The minimum atomic E-state index is -0.345. The molecule has 2 aliphatic heterocycles. The first-order chi connectivity index (χ1) is 11.5. The van der Waals surface area contributed by atoms with Crippen molar-refractivity contribution < 1.29 is 14.7 Å². The first-order valence-electron chi connectivity index (χ1n) is 8.69. The molecule has 0 unspecified atom stereocenters. The monoisotopic (exact) mass is 329 g/mol. The normalized spacial score (nSPS) is 24.0. The standard InChI is InChI=1S/C18H23N3O3/c22-15-5-8-18(9-6-15)11-20(12-18)13-1-3-14(4-2-13)21-10-7-16(23)19-17(21)24/h1-4,15,22H,5-12H2,(H,19,23,24). The van der Waals surface area contributed by atoms with Crippen LogP contribution in [0.15, 0.2) is 24.3 Å². The van der Waals surface area contributed by atoms with Gasteiger partial charge in [-0.05, 0) is 49.9 Å². The van der Waals surface area contributed by atoms with Gasteiger partial charge in [0.2, 0.25) is 5.91 Å². The van der Waals surface area contributed by atoms with Gasteiger partial charge in [0.15, 0.2) is 0 Å². The van der Waals surface area contributed by atoms with Gasteiger partial charge in [0.05, 0.1) is 6.10 Å². The summed E-state index contributed by atoms with van der Waals surface area (Å²) >= 11 is 0. The summed E-state index contributed by atoms with van der Waals surface area (Å²) < 4.78 is 0. The molecular formula is C18H23N3O3. The van der Waals surface area contributed by atoms with E-state index in [1.165, 1.54) is 5.69 Å². The smallest absolute Gasteiger partial charge is 0.328 e. The lowest BCUT2D eigenvalue weighted by Crippen LogP contribution is -2.58. The molecule has 1 spiro atoms. The number of aliphatic hydroxyl groups excluding tert-OH is 1. The lowest BCUT2D eigenvalue weighted by atomic mass is 9.68. The van der Waals surface area contributed by atoms with Gasteiger partial charge in [-0.25, -0.2) is 4.79 Å². The highest BCUT2D eigenvalue weighted by Gasteiger charge is 2.44. The maximum Gasteiger partial charge on any atom is 0.328 e. The molecule has 1 aliphatic carbocycles. The number of nitrogens with one attached hydrogen (secondary N) is 1. The Balaban J connectivity index is 1.39. The summed E-state index contributed by atoms with van der Waals surface area (Å²) in [6, 6.07) is 7.64. The molecule has 0 bridgehead atoms. The van der Waals surface area contributed by atoms with Crippen LogP contribution in [-0.4, -0.2) is 42.8 Å². The molecule has 1 aromatic rings. The number of carbonyl (C=O) groups is 2. The van der Waals surface area contributed by atoms with Crippen LogP contribution in [0.3, 0.4) is 0 Å². The molecule has 3 amide bonds. The molecule has 24 heavy (non-hydrogen) atoms. The van der Waals surface area contributed by atoms with Crippen molar-refractivity contribution in [1.82, 2.24) is 5.32 Å². The third-order valence-corrected chi connectivity index (χ3v) is 5.65. The number of rotatable bonds is 2. The average molecular weight is 329 g/mol. The number of hydrogen-bond donors (Lipinski definition) is 2. The zero-order valence-corrected chi connectivity index (χ0v) is 13.7. The van der Waals surface area contributed by atoms with Gasteiger partial charge in [-0.3, -0.25) is 15.0 Å². The van der Waals surface area contributed by atoms with Gasteiger partial charge < -0.3 is 10.0 Å². The van der Waals surface area contributed by atoms with Crippen molar-refractivity contribution in [2.75, 3.05) is 29.4 Å². The molecule has 2 heterocycles. The van der Waals surface area contributed by atoms with Crippen LogP contribution < -0.4 is 15.1 Å². The van der Waals surface area contributed by atoms with Crippen molar-refractivity contribution in [3.63, 3.8) is 0 Å². The highest BCUT2D eigenvalue weighted by Crippen LogP contribution is 2.45. The number of hydrogen-bond acceptors (Lipinski definition) is 4. The van der Waals surface area contributed by atoms with E-state index in [0.717, 1.165) is 44.5 Å². The Morgan fingerprint density at radius 2 is 1.67 bits per heavy atom. The lowest BCUT2D eigenvalue weighted by molar-refractivity contribution is -0.120. The predicted molar refractivity (Wildman–Crippen MR) is 91.1 cm³/mol. The van der Waals surface area contributed by atoms with Gasteiger partial charge in [0.25, 0.3) is 0 Å². The fourth-order valence-corrected chi connectivity index (χ4v) is 4.13. The Morgan fingerprint density at radius 1 is 1.04 bits per heavy atom. The Hall–Kier alpha value is -2.08. The Kier molecular flexibility index (Phi) is 3.72. The first-order valence-corrected chi connectivity index (χ1v) is 8.69. The van der Waals surface area contributed by atoms with Crippen LogP contribution in [-0.2, 0) is 4.79 Å². The molecule has 2 N–H and O–H groups in total. The van der Waals surface area contributed by atoms with E-state index in [-0.39, 0.29) is 18.0 Å². The summed E-state index contributed by atoms with van der Waals surface area (Å²) in [5.41, 5.74) is 2.38. The van der Waals surface area contributed by atoms with Gasteiger partial charge in [-0.2, -0.15) is 0 Å². The number of amides is 3. The van der Waals surface area contributed by atoms with E-state index in [1.807, 2.05) is 24.3 Å². The highest BCUT2D eigenvalue weighted by molar-refractivity contribution is 6.05. The van der Waals surface area contributed by atoms with E-state index < -0.39 is 0 Å². The summed E-state index contributed by atoms with van der Waals surface area (Å²) in [7, 11) is 0. The molecule has 2 saturated heterocycles. The minimum absolute atomic E-state index is 0.105. The minimum Gasteiger partial charge on any atom is -0.393 e. The molecule has 4 rings (SSSR count). The number of aliphatic hydroxyl groups is 1. The largest absolute Gasteiger partial charge is 0.393 e. The van der Waals surface area contributed by atoms with Crippen LogP contribution in [0.2, 0.25) is 0 Å². The van der Waals surface area contributed by atoms with Crippen LogP contribution in [0.25, 0.3) is 0 Å². The van der Waals surface area contributed by atoms with Crippen molar-refractivity contribution in [2.45, 2.75) is 38.2 Å². The molecule has 0 atom stereocenters. The van der Waals surface area contributed by atoms with Crippen LogP contribution in [0.5, 0.6) is 0 Å². The maximum atomic E-state index is 11.9. The fourth-order valence-electron chi connectivity index (χ4n) is 4.13. The van der Waals surface area contributed by atoms with E-state index in [1.54, 1.807) is 4.90 Å². The van der Waals surface area contributed by atoms with Crippen molar-refractivity contribution in [2.24, 2.45) is 5.41 Å². The number of imide groups is 1. The summed E-state index contributed by atoms with van der Waals surface area (Å²) in [5.74, 6) is -0.212. The second-order valence-electron chi connectivity index (χ2n) is 7.36. The highest BCUT2D eigenvalue weighted by atomic mass is 16.3. The quantitative estimate of drug-likeness (QED) is 0.869. The SMILES string of the molecule is O=C1CCN(c2ccc(N3CC4(CCC(O)CC4)C3)cc2)C(=O)N1. The molecule has 6 nitrogen and oxygen atoms in total. The van der Waals surface area contributed by atoms with Crippen molar-refractivity contribution in [1.29, 1.82) is 0 Å². The van der Waals surface area contributed by atoms with E-state index in [9.17, 15) is 14.7 Å². The third-order valence-electron chi connectivity index (χ3n) is 5.65. The Bertz CT molecular complexity index is 642. The van der Waals surface area contributed by atoms with Gasteiger partial charge in [0.1, 0.15) is 0 Å². The molecular weight excluding hydrogens is 306 g/mol. The predicted octanol–water partition coefficient (Wildman–Crippen LogP) is 1.87. The summed E-state index contributed by atoms with van der Waals surface area (Å²) in [5, 5.41) is 12.0. The summed E-state index contributed by atoms with van der Waals surface area (Å²) in [6.07, 6.45) is 4.32. The van der Waals surface area contributed by atoms with E-state index in [0.29, 0.717) is 18.4 Å². The Labute approximate surface area is 141 Å². The average Bonchev–Trinajstić information content (AvgIpc) is 2.54. The van der Waals surface area contributed by atoms with Gasteiger partial charge >= 0.3 is 6.03 Å². The van der Waals surface area contributed by atoms with Gasteiger partial charge in [-0.1, -0.05) is 0 Å². The van der Waals surface area contributed by atoms with Crippen molar-refractivity contribution in [3.8, 4) is 0 Å².